The van der Waals surface area contributed by atoms with E-state index < -0.39 is 17.9 Å². The van der Waals surface area contributed by atoms with E-state index in [0.29, 0.717) is 13.0 Å². The number of carboxylic acids is 1. The minimum Gasteiger partial charge on any atom is -0.481 e. The highest BCUT2D eigenvalue weighted by atomic mass is 16.5. The molecule has 7 heteroatoms. The van der Waals surface area contributed by atoms with Crippen LogP contribution in [0.15, 0.2) is 0 Å². The SMILES string of the molecule is CCOC(=O)CCN(C)C(=O)NCC(CC(C)C)C(=O)O. The van der Waals surface area contributed by atoms with Crippen molar-refractivity contribution in [3.05, 3.63) is 0 Å². The largest absolute Gasteiger partial charge is 0.481 e. The molecule has 0 aromatic heterocycles. The van der Waals surface area contributed by atoms with Crippen LogP contribution in [0.5, 0.6) is 0 Å². The van der Waals surface area contributed by atoms with Gasteiger partial charge in [0.15, 0.2) is 0 Å². The first-order valence-corrected chi connectivity index (χ1v) is 7.15. The Labute approximate surface area is 125 Å². The van der Waals surface area contributed by atoms with E-state index in [1.165, 1.54) is 4.90 Å². The lowest BCUT2D eigenvalue weighted by Crippen LogP contribution is -2.42. The third-order valence-electron chi connectivity index (χ3n) is 2.91. The van der Waals surface area contributed by atoms with E-state index in [1.807, 2.05) is 13.8 Å². The van der Waals surface area contributed by atoms with E-state index in [0.717, 1.165) is 0 Å². The highest BCUT2D eigenvalue weighted by molar-refractivity contribution is 5.76. The van der Waals surface area contributed by atoms with E-state index >= 15 is 0 Å². The van der Waals surface area contributed by atoms with Crippen LogP contribution in [-0.4, -0.2) is 54.7 Å². The fraction of sp³-hybridized carbons (Fsp3) is 0.786. The molecule has 122 valence electrons. The molecule has 0 aliphatic rings. The Kier molecular flexibility index (Phi) is 9.16. The van der Waals surface area contributed by atoms with Gasteiger partial charge in [-0.15, -0.1) is 0 Å². The number of ether oxygens (including phenoxy) is 1. The van der Waals surface area contributed by atoms with E-state index in [2.05, 4.69) is 5.32 Å². The molecule has 2 amide bonds. The Bertz CT molecular complexity index is 357. The summed E-state index contributed by atoms with van der Waals surface area (Å²) < 4.78 is 4.77. The molecule has 0 fully saturated rings. The van der Waals surface area contributed by atoms with Crippen molar-refractivity contribution in [2.45, 2.75) is 33.6 Å². The number of carbonyl (C=O) groups excluding carboxylic acids is 2. The van der Waals surface area contributed by atoms with Crippen molar-refractivity contribution in [3.8, 4) is 0 Å². The van der Waals surface area contributed by atoms with Gasteiger partial charge in [-0.3, -0.25) is 9.59 Å². The zero-order valence-electron chi connectivity index (χ0n) is 13.2. The number of hydrogen-bond acceptors (Lipinski definition) is 4. The molecule has 0 saturated carbocycles. The van der Waals surface area contributed by atoms with Crippen molar-refractivity contribution in [1.82, 2.24) is 10.2 Å². The predicted octanol–water partition coefficient (Wildman–Crippen LogP) is 1.33. The minimum absolute atomic E-state index is 0.0795. The molecular weight excluding hydrogens is 276 g/mol. The van der Waals surface area contributed by atoms with Crippen LogP contribution in [0.1, 0.15) is 33.6 Å². The smallest absolute Gasteiger partial charge is 0.317 e. The lowest BCUT2D eigenvalue weighted by Gasteiger charge is -2.20. The zero-order chi connectivity index (χ0) is 16.4. The molecule has 0 bridgehead atoms. The quantitative estimate of drug-likeness (QED) is 0.626. The van der Waals surface area contributed by atoms with E-state index in [9.17, 15) is 14.4 Å². The summed E-state index contributed by atoms with van der Waals surface area (Å²) in [6.45, 7) is 6.20. The molecule has 0 aromatic carbocycles. The van der Waals surface area contributed by atoms with Gasteiger partial charge < -0.3 is 20.1 Å². The van der Waals surface area contributed by atoms with Gasteiger partial charge in [0.2, 0.25) is 0 Å². The van der Waals surface area contributed by atoms with Crippen LogP contribution in [0.2, 0.25) is 0 Å². The lowest BCUT2D eigenvalue weighted by molar-refractivity contribution is -0.143. The molecule has 0 saturated heterocycles. The number of carboxylic acid groups (broad SMARTS) is 1. The fourth-order valence-corrected chi connectivity index (χ4v) is 1.78. The lowest BCUT2D eigenvalue weighted by atomic mass is 9.97. The number of esters is 1. The number of hydrogen-bond donors (Lipinski definition) is 2. The topological polar surface area (TPSA) is 95.9 Å². The first-order chi connectivity index (χ1) is 9.77. The Morgan fingerprint density at radius 3 is 2.38 bits per heavy atom. The van der Waals surface area contributed by atoms with Crippen LogP contribution in [0.25, 0.3) is 0 Å². The molecule has 0 radical (unpaired) electrons. The van der Waals surface area contributed by atoms with Crippen molar-refractivity contribution >= 4 is 18.0 Å². The second-order valence-electron chi connectivity index (χ2n) is 5.33. The van der Waals surface area contributed by atoms with Gasteiger partial charge in [0, 0.05) is 20.1 Å². The van der Waals surface area contributed by atoms with Crippen LogP contribution in [0, 0.1) is 11.8 Å². The minimum atomic E-state index is -0.918. The first-order valence-electron chi connectivity index (χ1n) is 7.15. The molecule has 1 unspecified atom stereocenters. The van der Waals surface area contributed by atoms with Gasteiger partial charge in [-0.05, 0) is 19.3 Å². The molecule has 21 heavy (non-hydrogen) atoms. The number of rotatable bonds is 9. The van der Waals surface area contributed by atoms with Gasteiger partial charge in [-0.2, -0.15) is 0 Å². The molecule has 7 nitrogen and oxygen atoms in total. The van der Waals surface area contributed by atoms with Gasteiger partial charge in [0.05, 0.1) is 18.9 Å². The molecule has 1 atom stereocenters. The van der Waals surface area contributed by atoms with Gasteiger partial charge in [-0.1, -0.05) is 13.8 Å². The van der Waals surface area contributed by atoms with Crippen molar-refractivity contribution < 1.29 is 24.2 Å². The molecule has 2 N–H and O–H groups in total. The second kappa shape index (κ2) is 10.0. The zero-order valence-corrected chi connectivity index (χ0v) is 13.2. The summed E-state index contributed by atoms with van der Waals surface area (Å²) in [5.74, 6) is -1.64. The molecular formula is C14H26N2O5. The van der Waals surface area contributed by atoms with Crippen molar-refractivity contribution in [3.63, 3.8) is 0 Å². The monoisotopic (exact) mass is 302 g/mol. The molecule has 0 rings (SSSR count). The Balaban J connectivity index is 4.15. The fourth-order valence-electron chi connectivity index (χ4n) is 1.78. The number of amides is 2. The summed E-state index contributed by atoms with van der Waals surface area (Å²) >= 11 is 0. The third kappa shape index (κ3) is 8.88. The molecule has 0 spiro atoms. The van der Waals surface area contributed by atoms with Gasteiger partial charge >= 0.3 is 18.0 Å². The highest BCUT2D eigenvalue weighted by Crippen LogP contribution is 2.11. The van der Waals surface area contributed by atoms with Gasteiger partial charge in [0.1, 0.15) is 0 Å². The van der Waals surface area contributed by atoms with Crippen molar-refractivity contribution in [1.29, 1.82) is 0 Å². The number of aliphatic carboxylic acids is 1. The number of nitrogens with one attached hydrogen (secondary N) is 1. The van der Waals surface area contributed by atoms with Crippen LogP contribution < -0.4 is 5.32 Å². The summed E-state index contributed by atoms with van der Waals surface area (Å²) in [6, 6.07) is -0.394. The highest BCUT2D eigenvalue weighted by Gasteiger charge is 2.20. The Hall–Kier alpha value is -1.79. The normalized spacial score (nSPS) is 11.9. The van der Waals surface area contributed by atoms with Crippen LogP contribution >= 0.6 is 0 Å². The summed E-state index contributed by atoms with van der Waals surface area (Å²) in [7, 11) is 1.55. The third-order valence-corrected chi connectivity index (χ3v) is 2.91. The number of urea groups is 1. The van der Waals surface area contributed by atoms with Crippen LogP contribution in [-0.2, 0) is 14.3 Å². The average molecular weight is 302 g/mol. The Morgan fingerprint density at radius 2 is 1.90 bits per heavy atom. The number of carbonyl (C=O) groups is 3. The standard InChI is InChI=1S/C14H26N2O5/c1-5-21-12(17)6-7-16(4)14(20)15-9-11(13(18)19)8-10(2)3/h10-11H,5-9H2,1-4H3,(H,15,20)(H,18,19). The maximum Gasteiger partial charge on any atom is 0.317 e. The van der Waals surface area contributed by atoms with E-state index in [-0.39, 0.29) is 31.4 Å². The molecule has 0 aromatic rings. The summed E-state index contributed by atoms with van der Waals surface area (Å²) in [5, 5.41) is 11.7. The molecule has 0 aliphatic heterocycles. The molecule has 0 aliphatic carbocycles. The summed E-state index contributed by atoms with van der Waals surface area (Å²) in [5.41, 5.74) is 0. The number of nitrogens with zero attached hydrogens (tertiary/aromatic N) is 1. The van der Waals surface area contributed by atoms with Crippen molar-refractivity contribution in [2.75, 3.05) is 26.7 Å². The van der Waals surface area contributed by atoms with Crippen molar-refractivity contribution in [2.24, 2.45) is 11.8 Å². The summed E-state index contributed by atoms with van der Waals surface area (Å²) in [4.78, 5) is 35.4. The maximum absolute atomic E-state index is 11.8. The van der Waals surface area contributed by atoms with Gasteiger partial charge in [0.25, 0.3) is 0 Å². The first kappa shape index (κ1) is 19.2. The average Bonchev–Trinajstić information content (AvgIpc) is 2.40. The van der Waals surface area contributed by atoms with Crippen LogP contribution in [0.3, 0.4) is 0 Å². The predicted molar refractivity (Wildman–Crippen MR) is 77.9 cm³/mol. The van der Waals surface area contributed by atoms with E-state index in [4.69, 9.17) is 9.84 Å². The Morgan fingerprint density at radius 1 is 1.29 bits per heavy atom. The van der Waals surface area contributed by atoms with E-state index in [1.54, 1.807) is 14.0 Å². The summed E-state index contributed by atoms with van der Waals surface area (Å²) in [6.07, 6.45) is 0.619. The second-order valence-corrected chi connectivity index (χ2v) is 5.33. The van der Waals surface area contributed by atoms with Gasteiger partial charge in [-0.25, -0.2) is 4.79 Å². The van der Waals surface area contributed by atoms with Crippen LogP contribution in [0.4, 0.5) is 4.79 Å². The maximum atomic E-state index is 11.8. The molecule has 0 heterocycles.